The third-order valence-electron chi connectivity index (χ3n) is 4.35. The van der Waals surface area contributed by atoms with E-state index in [-0.39, 0.29) is 23.9 Å². The van der Waals surface area contributed by atoms with Crippen LogP contribution < -0.4 is 15.8 Å². The number of halogens is 1. The van der Waals surface area contributed by atoms with E-state index in [1.165, 1.54) is 4.68 Å². The fraction of sp³-hybridized carbons (Fsp3) is 0.421. The first-order valence-corrected chi connectivity index (χ1v) is 9.32. The smallest absolute Gasteiger partial charge is 0.292 e. The van der Waals surface area contributed by atoms with Crippen LogP contribution in [0.15, 0.2) is 35.3 Å². The van der Waals surface area contributed by atoms with Crippen molar-refractivity contribution in [3.63, 3.8) is 0 Å². The molecule has 2 aromatic rings. The Morgan fingerprint density at radius 2 is 1.93 bits per heavy atom. The SMILES string of the molecule is CC(C)n1ncc(NC(=O)Cc2ccc(Cl)cc2)c(N2CCOCC2)c1=O. The Labute approximate surface area is 162 Å². The lowest BCUT2D eigenvalue weighted by Gasteiger charge is -2.30. The van der Waals surface area contributed by atoms with Crippen molar-refractivity contribution in [1.82, 2.24) is 9.78 Å². The van der Waals surface area contributed by atoms with E-state index in [4.69, 9.17) is 16.3 Å². The minimum atomic E-state index is -0.213. The highest BCUT2D eigenvalue weighted by Gasteiger charge is 2.22. The summed E-state index contributed by atoms with van der Waals surface area (Å²) in [5, 5.41) is 7.69. The quantitative estimate of drug-likeness (QED) is 0.848. The number of nitrogens with zero attached hydrogens (tertiary/aromatic N) is 3. The van der Waals surface area contributed by atoms with Gasteiger partial charge < -0.3 is 15.0 Å². The molecular formula is C19H23ClN4O3. The molecule has 8 heteroatoms. The zero-order valence-corrected chi connectivity index (χ0v) is 16.2. The number of rotatable bonds is 5. The van der Waals surface area contributed by atoms with Crippen LogP contribution in [0.1, 0.15) is 25.5 Å². The summed E-state index contributed by atoms with van der Waals surface area (Å²) >= 11 is 5.88. The number of anilines is 2. The van der Waals surface area contributed by atoms with Crippen LogP contribution in [0.5, 0.6) is 0 Å². The van der Waals surface area contributed by atoms with Gasteiger partial charge in [0.15, 0.2) is 0 Å². The molecule has 3 rings (SSSR count). The Bertz CT molecular complexity index is 858. The molecule has 1 saturated heterocycles. The number of carbonyl (C=O) groups excluding carboxylic acids is 1. The van der Waals surface area contributed by atoms with E-state index in [9.17, 15) is 9.59 Å². The number of nitrogens with one attached hydrogen (secondary N) is 1. The highest BCUT2D eigenvalue weighted by atomic mass is 35.5. The average molecular weight is 391 g/mol. The molecule has 7 nitrogen and oxygen atoms in total. The maximum Gasteiger partial charge on any atom is 0.292 e. The van der Waals surface area contributed by atoms with Gasteiger partial charge in [-0.25, -0.2) is 4.68 Å². The van der Waals surface area contributed by atoms with Crippen molar-refractivity contribution in [1.29, 1.82) is 0 Å². The summed E-state index contributed by atoms with van der Waals surface area (Å²) in [6, 6.07) is 7.03. The van der Waals surface area contributed by atoms with Crippen molar-refractivity contribution >= 4 is 28.9 Å². The molecule has 1 N–H and O–H groups in total. The first-order valence-electron chi connectivity index (χ1n) is 8.94. The van der Waals surface area contributed by atoms with Gasteiger partial charge >= 0.3 is 0 Å². The van der Waals surface area contributed by atoms with E-state index in [0.29, 0.717) is 42.7 Å². The van der Waals surface area contributed by atoms with Gasteiger partial charge in [0.1, 0.15) is 5.69 Å². The summed E-state index contributed by atoms with van der Waals surface area (Å²) in [5.41, 5.74) is 1.52. The lowest BCUT2D eigenvalue weighted by Crippen LogP contribution is -2.42. The van der Waals surface area contributed by atoms with Gasteiger partial charge in [0.2, 0.25) is 5.91 Å². The molecule has 27 heavy (non-hydrogen) atoms. The molecule has 1 aromatic heterocycles. The normalized spacial score (nSPS) is 14.4. The molecule has 1 fully saturated rings. The minimum absolute atomic E-state index is 0.0730. The molecule has 0 aliphatic carbocycles. The Hall–Kier alpha value is -2.38. The Balaban J connectivity index is 1.87. The molecule has 2 heterocycles. The number of benzene rings is 1. The van der Waals surface area contributed by atoms with Crippen LogP contribution in [0.2, 0.25) is 5.02 Å². The molecule has 0 saturated carbocycles. The second-order valence-electron chi connectivity index (χ2n) is 6.70. The summed E-state index contributed by atoms with van der Waals surface area (Å²) in [5.74, 6) is -0.213. The molecule has 1 amide bonds. The van der Waals surface area contributed by atoms with Crippen LogP contribution >= 0.6 is 11.6 Å². The van der Waals surface area contributed by atoms with Gasteiger partial charge in [-0.05, 0) is 31.5 Å². The molecule has 0 spiro atoms. The fourth-order valence-corrected chi connectivity index (χ4v) is 3.12. The maximum absolute atomic E-state index is 13.0. The van der Waals surface area contributed by atoms with Gasteiger partial charge in [0, 0.05) is 18.1 Å². The number of ether oxygens (including phenoxy) is 1. The average Bonchev–Trinajstić information content (AvgIpc) is 2.64. The van der Waals surface area contributed by atoms with Crippen molar-refractivity contribution in [3.8, 4) is 0 Å². The number of morpholine rings is 1. The molecule has 0 atom stereocenters. The summed E-state index contributed by atoms with van der Waals surface area (Å²) < 4.78 is 6.81. The van der Waals surface area contributed by atoms with Gasteiger partial charge in [-0.1, -0.05) is 23.7 Å². The van der Waals surface area contributed by atoms with Gasteiger partial charge in [-0.2, -0.15) is 5.10 Å². The molecule has 1 aliphatic heterocycles. The summed E-state index contributed by atoms with van der Waals surface area (Å²) in [7, 11) is 0. The van der Waals surface area contributed by atoms with Crippen LogP contribution in [0.3, 0.4) is 0 Å². The van der Waals surface area contributed by atoms with Gasteiger partial charge in [0.05, 0.1) is 37.6 Å². The molecule has 0 unspecified atom stereocenters. The summed E-state index contributed by atoms with van der Waals surface area (Å²) in [4.78, 5) is 27.4. The minimum Gasteiger partial charge on any atom is -0.378 e. The van der Waals surface area contributed by atoms with E-state index in [1.807, 2.05) is 18.7 Å². The first-order chi connectivity index (χ1) is 13.0. The standard InChI is InChI=1S/C19H23ClN4O3/c1-13(2)24-19(26)18(23-7-9-27-10-8-23)16(12-21-24)22-17(25)11-14-3-5-15(20)6-4-14/h3-6,12-13H,7-11H2,1-2H3,(H,22,25). The fourth-order valence-electron chi connectivity index (χ4n) is 2.99. The lowest BCUT2D eigenvalue weighted by atomic mass is 10.1. The number of hydrogen-bond acceptors (Lipinski definition) is 5. The zero-order chi connectivity index (χ0) is 19.4. The van der Waals surface area contributed by atoms with Crippen molar-refractivity contribution in [2.75, 3.05) is 36.5 Å². The maximum atomic E-state index is 13.0. The molecule has 0 bridgehead atoms. The largest absolute Gasteiger partial charge is 0.378 e. The highest BCUT2D eigenvalue weighted by molar-refractivity contribution is 6.30. The Morgan fingerprint density at radius 1 is 1.26 bits per heavy atom. The lowest BCUT2D eigenvalue weighted by molar-refractivity contribution is -0.115. The van der Waals surface area contributed by atoms with E-state index in [2.05, 4.69) is 10.4 Å². The molecule has 1 aromatic carbocycles. The van der Waals surface area contributed by atoms with Crippen LogP contribution in [-0.4, -0.2) is 42.0 Å². The molecule has 1 aliphatic rings. The van der Waals surface area contributed by atoms with Crippen molar-refractivity contribution in [3.05, 3.63) is 51.4 Å². The highest BCUT2D eigenvalue weighted by Crippen LogP contribution is 2.23. The monoisotopic (exact) mass is 390 g/mol. The van der Waals surface area contributed by atoms with Crippen LogP contribution in [0, 0.1) is 0 Å². The van der Waals surface area contributed by atoms with Crippen LogP contribution in [-0.2, 0) is 16.0 Å². The predicted molar refractivity (Wildman–Crippen MR) is 106 cm³/mol. The third kappa shape index (κ3) is 4.67. The van der Waals surface area contributed by atoms with Gasteiger partial charge in [-0.3, -0.25) is 9.59 Å². The number of carbonyl (C=O) groups is 1. The number of hydrogen-bond donors (Lipinski definition) is 1. The van der Waals surface area contributed by atoms with Crippen molar-refractivity contribution < 1.29 is 9.53 Å². The molecule has 144 valence electrons. The van der Waals surface area contributed by atoms with E-state index in [0.717, 1.165) is 5.56 Å². The summed E-state index contributed by atoms with van der Waals surface area (Å²) in [6.45, 7) is 6.07. The second kappa shape index (κ2) is 8.54. The van der Waals surface area contributed by atoms with Crippen molar-refractivity contribution in [2.45, 2.75) is 26.3 Å². The predicted octanol–water partition coefficient (Wildman–Crippen LogP) is 2.50. The number of amides is 1. The summed E-state index contributed by atoms with van der Waals surface area (Å²) in [6.07, 6.45) is 1.74. The Morgan fingerprint density at radius 3 is 2.56 bits per heavy atom. The van der Waals surface area contributed by atoms with E-state index < -0.39 is 0 Å². The second-order valence-corrected chi connectivity index (χ2v) is 7.14. The van der Waals surface area contributed by atoms with Gasteiger partial charge in [-0.15, -0.1) is 0 Å². The Kier molecular flexibility index (Phi) is 6.13. The zero-order valence-electron chi connectivity index (χ0n) is 15.4. The van der Waals surface area contributed by atoms with E-state index in [1.54, 1.807) is 30.5 Å². The van der Waals surface area contributed by atoms with Crippen LogP contribution in [0.25, 0.3) is 0 Å². The van der Waals surface area contributed by atoms with E-state index >= 15 is 0 Å². The van der Waals surface area contributed by atoms with Gasteiger partial charge in [0.25, 0.3) is 5.56 Å². The molecule has 0 radical (unpaired) electrons. The first kappa shape index (κ1) is 19.4. The van der Waals surface area contributed by atoms with Crippen molar-refractivity contribution in [2.24, 2.45) is 0 Å². The topological polar surface area (TPSA) is 76.5 Å². The van der Waals surface area contributed by atoms with Crippen LogP contribution in [0.4, 0.5) is 11.4 Å². The molecular weight excluding hydrogens is 368 g/mol. The number of aromatic nitrogens is 2. The third-order valence-corrected chi connectivity index (χ3v) is 4.60.